The van der Waals surface area contributed by atoms with Gasteiger partial charge in [0.05, 0.1) is 17.6 Å². The largest absolute Gasteiger partial charge is 0.480 e. The van der Waals surface area contributed by atoms with Crippen LogP contribution < -0.4 is 9.46 Å². The van der Waals surface area contributed by atoms with Gasteiger partial charge in [-0.05, 0) is 53.2 Å². The number of ether oxygens (including phenoxy) is 2. The molecule has 0 saturated heterocycles. The highest BCUT2D eigenvalue weighted by molar-refractivity contribution is 8.01. The molecule has 0 radical (unpaired) electrons. The maximum absolute atomic E-state index is 13.3. The second-order valence-electron chi connectivity index (χ2n) is 8.64. The Balaban J connectivity index is 1.53. The Kier molecular flexibility index (Phi) is 11.0. The van der Waals surface area contributed by atoms with Crippen LogP contribution in [-0.4, -0.2) is 59.1 Å². The van der Waals surface area contributed by atoms with Crippen LogP contribution in [0.15, 0.2) is 99.7 Å². The lowest BCUT2D eigenvalue weighted by Crippen LogP contribution is -2.54. The molecule has 41 heavy (non-hydrogen) atoms. The van der Waals surface area contributed by atoms with E-state index in [-0.39, 0.29) is 17.3 Å². The van der Waals surface area contributed by atoms with Crippen molar-refractivity contribution >= 4 is 56.9 Å². The van der Waals surface area contributed by atoms with Gasteiger partial charge in [-0.25, -0.2) is 13.4 Å². The maximum atomic E-state index is 13.3. The van der Waals surface area contributed by atoms with E-state index in [2.05, 4.69) is 21.9 Å². The van der Waals surface area contributed by atoms with Gasteiger partial charge in [0.2, 0.25) is 10.0 Å². The molecule has 4 rings (SSSR count). The van der Waals surface area contributed by atoms with E-state index in [9.17, 15) is 23.4 Å². The van der Waals surface area contributed by atoms with Crippen molar-refractivity contribution in [3.05, 3.63) is 96.0 Å². The SMILES string of the molecule is O=C(O)C(NS(=O)(=O)c1ccc(-c2ccc(OC=S)cc2)cc1)C(OCc1ccccc1)C(O)CSc1nccs1. The average Bonchev–Trinajstić information content (AvgIpc) is 3.50. The molecule has 0 aliphatic rings. The molecule has 1 aromatic heterocycles. The summed E-state index contributed by atoms with van der Waals surface area (Å²) in [5, 5.41) is 22.8. The van der Waals surface area contributed by atoms with Crippen molar-refractivity contribution in [3.8, 4) is 16.9 Å². The van der Waals surface area contributed by atoms with Crippen LogP contribution in [0.4, 0.5) is 0 Å². The first-order chi connectivity index (χ1) is 19.8. The highest BCUT2D eigenvalue weighted by atomic mass is 32.2. The Bertz CT molecular complexity index is 1520. The van der Waals surface area contributed by atoms with Gasteiger partial charge in [0, 0.05) is 17.3 Å². The van der Waals surface area contributed by atoms with E-state index < -0.39 is 34.2 Å². The smallest absolute Gasteiger partial charge is 0.324 e. The molecule has 4 aromatic rings. The van der Waals surface area contributed by atoms with E-state index >= 15 is 0 Å². The van der Waals surface area contributed by atoms with E-state index in [0.717, 1.165) is 22.2 Å². The lowest BCUT2D eigenvalue weighted by Gasteiger charge is -2.29. The van der Waals surface area contributed by atoms with E-state index in [0.29, 0.717) is 10.1 Å². The van der Waals surface area contributed by atoms with Crippen molar-refractivity contribution in [3.63, 3.8) is 0 Å². The zero-order valence-electron chi connectivity index (χ0n) is 21.4. The normalized spacial score (nSPS) is 13.7. The Morgan fingerprint density at radius 1 is 1.05 bits per heavy atom. The van der Waals surface area contributed by atoms with Gasteiger partial charge >= 0.3 is 5.97 Å². The predicted octanol–water partition coefficient (Wildman–Crippen LogP) is 4.62. The van der Waals surface area contributed by atoms with Crippen molar-refractivity contribution in [2.75, 3.05) is 5.75 Å². The van der Waals surface area contributed by atoms with Gasteiger partial charge in [0.1, 0.15) is 22.2 Å². The fourth-order valence-corrected chi connectivity index (χ4v) is 6.78. The first-order valence-corrected chi connectivity index (χ1v) is 16.0. The van der Waals surface area contributed by atoms with Crippen LogP contribution in [0, 0.1) is 0 Å². The number of sulfonamides is 1. The molecule has 3 atom stereocenters. The van der Waals surface area contributed by atoms with Crippen molar-refractivity contribution in [1.29, 1.82) is 0 Å². The number of aliphatic hydroxyl groups is 1. The van der Waals surface area contributed by atoms with Crippen molar-refractivity contribution in [2.45, 2.75) is 34.1 Å². The fourth-order valence-electron chi connectivity index (χ4n) is 3.83. The monoisotopic (exact) mass is 630 g/mol. The third-order valence-electron chi connectivity index (χ3n) is 5.86. The molecule has 0 aliphatic carbocycles. The summed E-state index contributed by atoms with van der Waals surface area (Å²) in [6, 6.07) is 20.3. The number of benzene rings is 3. The number of carboxylic acid groups (broad SMARTS) is 1. The zero-order valence-corrected chi connectivity index (χ0v) is 24.7. The minimum Gasteiger partial charge on any atom is -0.480 e. The molecule has 0 saturated carbocycles. The number of nitrogens with zero attached hydrogens (tertiary/aromatic N) is 1. The molecule has 0 spiro atoms. The molecular weight excluding hydrogens is 605 g/mol. The number of aliphatic carboxylic acids is 1. The molecule has 0 aliphatic heterocycles. The number of thiocarbonyl (C=S) groups is 1. The predicted molar refractivity (Wildman–Crippen MR) is 162 cm³/mol. The van der Waals surface area contributed by atoms with Crippen LogP contribution in [0.5, 0.6) is 5.75 Å². The van der Waals surface area contributed by atoms with Crippen LogP contribution in [-0.2, 0) is 26.2 Å². The summed E-state index contributed by atoms with van der Waals surface area (Å²) in [6.07, 6.45) is -1.11. The minimum atomic E-state index is -4.31. The van der Waals surface area contributed by atoms with Crippen molar-refractivity contribution < 1.29 is 32.9 Å². The molecule has 3 aromatic carbocycles. The van der Waals surface area contributed by atoms with Gasteiger partial charge in [0.25, 0.3) is 0 Å². The van der Waals surface area contributed by atoms with Gasteiger partial charge in [-0.3, -0.25) is 4.79 Å². The van der Waals surface area contributed by atoms with Gasteiger partial charge in [0.15, 0.2) is 5.55 Å². The number of carbonyl (C=O) groups is 1. The number of nitrogens with one attached hydrogen (secondary N) is 1. The maximum Gasteiger partial charge on any atom is 0.324 e. The molecule has 0 amide bonds. The van der Waals surface area contributed by atoms with Gasteiger partial charge in [-0.15, -0.1) is 11.3 Å². The Morgan fingerprint density at radius 3 is 2.29 bits per heavy atom. The average molecular weight is 631 g/mol. The summed E-state index contributed by atoms with van der Waals surface area (Å²) in [5.41, 5.74) is 3.45. The number of carboxylic acids is 1. The van der Waals surface area contributed by atoms with Gasteiger partial charge in [-0.1, -0.05) is 66.4 Å². The Labute approximate surface area is 251 Å². The number of aliphatic hydroxyl groups excluding tert-OH is 1. The van der Waals surface area contributed by atoms with Gasteiger partial charge in [-0.2, -0.15) is 4.72 Å². The number of rotatable bonds is 15. The minimum absolute atomic E-state index is 0.0288. The molecular formula is C28H26N2O7S4. The standard InChI is InChI=1S/C28H26N2O7S4/c31-24(17-40-28-29-14-15-39-28)26(36-16-19-4-2-1-3-5-19)25(27(32)33)30-41(34,35)23-12-8-21(9-13-23)20-6-10-22(11-7-20)37-18-38/h1-15,18,24-26,30-31H,16-17H2,(H,32,33). The van der Waals surface area contributed by atoms with Crippen LogP contribution in [0.25, 0.3) is 11.1 Å². The first-order valence-electron chi connectivity index (χ1n) is 12.2. The molecule has 0 fully saturated rings. The molecule has 3 unspecified atom stereocenters. The second kappa shape index (κ2) is 14.6. The molecule has 0 bridgehead atoms. The number of thioether (sulfide) groups is 1. The van der Waals surface area contributed by atoms with Gasteiger partial charge < -0.3 is 19.7 Å². The van der Waals surface area contributed by atoms with Crippen molar-refractivity contribution in [2.24, 2.45) is 0 Å². The van der Waals surface area contributed by atoms with Crippen LogP contribution >= 0.6 is 35.3 Å². The lowest BCUT2D eigenvalue weighted by atomic mass is 10.1. The molecule has 3 N–H and O–H groups in total. The summed E-state index contributed by atoms with van der Waals surface area (Å²) >= 11 is 7.28. The van der Waals surface area contributed by atoms with Crippen LogP contribution in [0.3, 0.4) is 0 Å². The van der Waals surface area contributed by atoms with E-state index in [1.165, 1.54) is 35.2 Å². The molecule has 9 nitrogen and oxygen atoms in total. The van der Waals surface area contributed by atoms with E-state index in [1.807, 2.05) is 6.07 Å². The highest BCUT2D eigenvalue weighted by Crippen LogP contribution is 2.26. The third-order valence-corrected chi connectivity index (χ3v) is 9.49. The topological polar surface area (TPSA) is 135 Å². The highest BCUT2D eigenvalue weighted by Gasteiger charge is 2.38. The Hall–Kier alpha value is -3.17. The Morgan fingerprint density at radius 2 is 1.71 bits per heavy atom. The molecule has 1 heterocycles. The first kappa shape index (κ1) is 30.8. The van der Waals surface area contributed by atoms with E-state index in [4.69, 9.17) is 9.47 Å². The summed E-state index contributed by atoms with van der Waals surface area (Å²) in [5.74, 6) is -0.870. The second-order valence-corrected chi connectivity index (χ2v) is 12.7. The zero-order chi connectivity index (χ0) is 29.2. The quantitative estimate of drug-likeness (QED) is 0.126. The summed E-state index contributed by atoms with van der Waals surface area (Å²) in [4.78, 5) is 16.4. The number of aromatic nitrogens is 1. The van der Waals surface area contributed by atoms with Crippen LogP contribution in [0.2, 0.25) is 0 Å². The summed E-state index contributed by atoms with van der Waals surface area (Å²) in [6.45, 7) is -0.0288. The van der Waals surface area contributed by atoms with Crippen LogP contribution in [0.1, 0.15) is 5.56 Å². The summed E-state index contributed by atoms with van der Waals surface area (Å²) < 4.78 is 40.5. The van der Waals surface area contributed by atoms with E-state index in [1.54, 1.807) is 72.2 Å². The summed E-state index contributed by atoms with van der Waals surface area (Å²) in [7, 11) is -4.31. The number of hydrogen-bond acceptors (Lipinski definition) is 10. The lowest BCUT2D eigenvalue weighted by molar-refractivity contribution is -0.147. The fraction of sp³-hybridized carbons (Fsp3) is 0.179. The number of thiazole rings is 1. The number of hydrogen-bond donors (Lipinski definition) is 3. The third kappa shape index (κ3) is 8.66. The van der Waals surface area contributed by atoms with Crippen molar-refractivity contribution in [1.82, 2.24) is 9.71 Å². The molecule has 214 valence electrons. The molecule has 13 heteroatoms.